The molecule has 1 aromatic carbocycles. The standard InChI is InChI=1S/C13H16N4O/c1-17-15-7-11(16-17)12-9(8-3-4-8)5-6-10(14)13(12)18-2/h5-8H,3-4,14H2,1-2H3. The second kappa shape index (κ2) is 4.01. The van der Waals surface area contributed by atoms with Gasteiger partial charge in [-0.3, -0.25) is 0 Å². The van der Waals surface area contributed by atoms with Gasteiger partial charge in [-0.15, -0.1) is 0 Å². The van der Waals surface area contributed by atoms with Crippen LogP contribution in [0.15, 0.2) is 18.3 Å². The molecule has 0 saturated heterocycles. The number of hydrogen-bond acceptors (Lipinski definition) is 4. The van der Waals surface area contributed by atoms with E-state index in [1.54, 1.807) is 25.2 Å². The highest BCUT2D eigenvalue weighted by molar-refractivity contribution is 5.78. The summed E-state index contributed by atoms with van der Waals surface area (Å²) >= 11 is 0. The Morgan fingerprint density at radius 2 is 2.17 bits per heavy atom. The molecule has 1 aliphatic rings. The average Bonchev–Trinajstić information content (AvgIpc) is 3.11. The van der Waals surface area contributed by atoms with Crippen molar-refractivity contribution in [1.29, 1.82) is 0 Å². The van der Waals surface area contributed by atoms with Gasteiger partial charge >= 0.3 is 0 Å². The van der Waals surface area contributed by atoms with Crippen LogP contribution in [0.25, 0.3) is 11.3 Å². The Morgan fingerprint density at radius 1 is 1.39 bits per heavy atom. The third-order valence-electron chi connectivity index (χ3n) is 3.30. The Kier molecular flexibility index (Phi) is 2.47. The maximum absolute atomic E-state index is 5.99. The molecule has 1 aliphatic carbocycles. The van der Waals surface area contributed by atoms with Crippen LogP contribution in [0.4, 0.5) is 5.69 Å². The second-order valence-electron chi connectivity index (χ2n) is 4.65. The van der Waals surface area contributed by atoms with E-state index in [0.717, 1.165) is 11.3 Å². The number of aryl methyl sites for hydroxylation is 1. The molecular formula is C13H16N4O. The molecule has 1 saturated carbocycles. The smallest absolute Gasteiger partial charge is 0.151 e. The van der Waals surface area contributed by atoms with E-state index in [4.69, 9.17) is 10.5 Å². The molecule has 1 heterocycles. The normalized spacial score (nSPS) is 14.8. The molecule has 0 unspecified atom stereocenters. The molecule has 1 fully saturated rings. The van der Waals surface area contributed by atoms with Crippen LogP contribution in [-0.4, -0.2) is 22.1 Å². The largest absolute Gasteiger partial charge is 0.494 e. The third kappa shape index (κ3) is 1.72. The molecule has 3 rings (SSSR count). The van der Waals surface area contributed by atoms with Gasteiger partial charge in [-0.05, 0) is 30.4 Å². The Hall–Kier alpha value is -2.04. The highest BCUT2D eigenvalue weighted by Crippen LogP contribution is 2.48. The molecule has 5 nitrogen and oxygen atoms in total. The molecule has 1 aromatic heterocycles. The minimum Gasteiger partial charge on any atom is -0.494 e. The number of rotatable bonds is 3. The summed E-state index contributed by atoms with van der Waals surface area (Å²) in [7, 11) is 3.45. The lowest BCUT2D eigenvalue weighted by molar-refractivity contribution is 0.418. The zero-order valence-corrected chi connectivity index (χ0v) is 10.6. The average molecular weight is 244 g/mol. The summed E-state index contributed by atoms with van der Waals surface area (Å²) in [6.45, 7) is 0. The minimum atomic E-state index is 0.608. The van der Waals surface area contributed by atoms with Crippen molar-refractivity contribution in [3.8, 4) is 17.0 Å². The number of nitrogen functional groups attached to an aromatic ring is 1. The zero-order chi connectivity index (χ0) is 12.7. The third-order valence-corrected chi connectivity index (χ3v) is 3.30. The maximum Gasteiger partial charge on any atom is 0.151 e. The molecule has 0 bridgehead atoms. The van der Waals surface area contributed by atoms with Gasteiger partial charge in [0.25, 0.3) is 0 Å². The number of ether oxygens (including phenoxy) is 1. The van der Waals surface area contributed by atoms with Gasteiger partial charge in [0.15, 0.2) is 5.75 Å². The fourth-order valence-corrected chi connectivity index (χ4v) is 2.29. The molecule has 18 heavy (non-hydrogen) atoms. The molecule has 0 atom stereocenters. The number of aromatic nitrogens is 3. The highest BCUT2D eigenvalue weighted by Gasteiger charge is 2.29. The number of hydrogen-bond donors (Lipinski definition) is 1. The number of anilines is 1. The predicted octanol–water partition coefficient (Wildman–Crippen LogP) is 1.95. The lowest BCUT2D eigenvalue weighted by atomic mass is 9.99. The van der Waals surface area contributed by atoms with Gasteiger partial charge in [-0.1, -0.05) is 6.07 Å². The Bertz CT molecular complexity index is 587. The summed E-state index contributed by atoms with van der Waals surface area (Å²) in [4.78, 5) is 1.55. The van der Waals surface area contributed by atoms with E-state index in [-0.39, 0.29) is 0 Å². The molecule has 2 N–H and O–H groups in total. The number of nitrogens with zero attached hydrogens (tertiary/aromatic N) is 3. The van der Waals surface area contributed by atoms with Crippen LogP contribution in [0, 0.1) is 0 Å². The van der Waals surface area contributed by atoms with E-state index in [1.807, 2.05) is 6.07 Å². The van der Waals surface area contributed by atoms with Crippen molar-refractivity contribution < 1.29 is 4.74 Å². The van der Waals surface area contributed by atoms with E-state index in [9.17, 15) is 0 Å². The van der Waals surface area contributed by atoms with Crippen LogP contribution < -0.4 is 10.5 Å². The lowest BCUT2D eigenvalue weighted by Gasteiger charge is -2.13. The van der Waals surface area contributed by atoms with Crippen LogP contribution in [-0.2, 0) is 7.05 Å². The van der Waals surface area contributed by atoms with Gasteiger partial charge in [-0.25, -0.2) is 0 Å². The van der Waals surface area contributed by atoms with E-state index in [1.165, 1.54) is 18.4 Å². The van der Waals surface area contributed by atoms with Gasteiger partial charge in [0.2, 0.25) is 0 Å². The van der Waals surface area contributed by atoms with Crippen LogP contribution in [0.2, 0.25) is 0 Å². The van der Waals surface area contributed by atoms with Crippen molar-refractivity contribution in [3.63, 3.8) is 0 Å². The summed E-state index contributed by atoms with van der Waals surface area (Å²) in [6.07, 6.45) is 4.20. The monoisotopic (exact) mass is 244 g/mol. The first-order valence-corrected chi connectivity index (χ1v) is 6.03. The summed E-state index contributed by atoms with van der Waals surface area (Å²) in [6, 6.07) is 3.99. The van der Waals surface area contributed by atoms with Crippen LogP contribution in [0.1, 0.15) is 24.3 Å². The first-order valence-electron chi connectivity index (χ1n) is 6.03. The maximum atomic E-state index is 5.99. The van der Waals surface area contributed by atoms with Crippen molar-refractivity contribution in [2.24, 2.45) is 7.05 Å². The van der Waals surface area contributed by atoms with Crippen molar-refractivity contribution in [2.75, 3.05) is 12.8 Å². The summed E-state index contributed by atoms with van der Waals surface area (Å²) in [5, 5.41) is 8.50. The number of benzene rings is 1. The van der Waals surface area contributed by atoms with Crippen LogP contribution in [0.3, 0.4) is 0 Å². The Labute approximate surface area is 106 Å². The quantitative estimate of drug-likeness (QED) is 0.838. The summed E-state index contributed by atoms with van der Waals surface area (Å²) in [5.41, 5.74) is 9.71. The van der Waals surface area contributed by atoms with Gasteiger partial charge in [0.1, 0.15) is 5.69 Å². The molecule has 0 spiro atoms. The molecule has 94 valence electrons. The fraction of sp³-hybridized carbons (Fsp3) is 0.385. The van der Waals surface area contributed by atoms with Crippen LogP contribution in [0.5, 0.6) is 5.75 Å². The lowest BCUT2D eigenvalue weighted by Crippen LogP contribution is -1.99. The molecule has 0 radical (unpaired) electrons. The number of methoxy groups -OCH3 is 1. The van der Waals surface area contributed by atoms with E-state index in [2.05, 4.69) is 16.3 Å². The Morgan fingerprint density at radius 3 is 2.72 bits per heavy atom. The molecular weight excluding hydrogens is 228 g/mol. The molecule has 0 amide bonds. The van der Waals surface area contributed by atoms with E-state index >= 15 is 0 Å². The van der Waals surface area contributed by atoms with Crippen molar-refractivity contribution in [2.45, 2.75) is 18.8 Å². The predicted molar refractivity (Wildman–Crippen MR) is 69.4 cm³/mol. The van der Waals surface area contributed by atoms with Gasteiger partial charge in [0.05, 0.1) is 24.6 Å². The molecule has 0 aliphatic heterocycles. The second-order valence-corrected chi connectivity index (χ2v) is 4.65. The minimum absolute atomic E-state index is 0.608. The van der Waals surface area contributed by atoms with Crippen molar-refractivity contribution >= 4 is 5.69 Å². The van der Waals surface area contributed by atoms with Crippen molar-refractivity contribution in [3.05, 3.63) is 23.9 Å². The molecule has 5 heteroatoms. The SMILES string of the molecule is COc1c(N)ccc(C2CC2)c1-c1cnn(C)n1. The van der Waals surface area contributed by atoms with Crippen molar-refractivity contribution in [1.82, 2.24) is 15.0 Å². The van der Waals surface area contributed by atoms with Gasteiger partial charge < -0.3 is 10.5 Å². The fourth-order valence-electron chi connectivity index (χ4n) is 2.29. The van der Waals surface area contributed by atoms with E-state index in [0.29, 0.717) is 17.4 Å². The van der Waals surface area contributed by atoms with Gasteiger partial charge in [-0.2, -0.15) is 15.0 Å². The summed E-state index contributed by atoms with van der Waals surface area (Å²) < 4.78 is 5.46. The first kappa shape index (κ1) is 11.1. The van der Waals surface area contributed by atoms with Gasteiger partial charge in [0, 0.05) is 7.05 Å². The topological polar surface area (TPSA) is 66.0 Å². The van der Waals surface area contributed by atoms with E-state index < -0.39 is 0 Å². The summed E-state index contributed by atoms with van der Waals surface area (Å²) in [5.74, 6) is 1.32. The van der Waals surface area contributed by atoms with Crippen LogP contribution >= 0.6 is 0 Å². The highest BCUT2D eigenvalue weighted by atomic mass is 16.5. The first-order chi connectivity index (χ1) is 8.70. The Balaban J connectivity index is 2.22. The number of nitrogens with two attached hydrogens (primary N) is 1. The zero-order valence-electron chi connectivity index (χ0n) is 10.6. The molecule has 2 aromatic rings.